The van der Waals surface area contributed by atoms with E-state index in [1.165, 1.54) is 37.0 Å². The Bertz CT molecular complexity index is 561. The second-order valence-corrected chi connectivity index (χ2v) is 7.62. The lowest BCUT2D eigenvalue weighted by molar-refractivity contribution is -0.915. The molecule has 0 bridgehead atoms. The van der Waals surface area contributed by atoms with Crippen molar-refractivity contribution in [2.45, 2.75) is 51.1 Å². The van der Waals surface area contributed by atoms with Gasteiger partial charge in [-0.3, -0.25) is 4.79 Å². The van der Waals surface area contributed by atoms with E-state index in [-0.39, 0.29) is 6.04 Å². The maximum Gasteiger partial charge on any atom is 0.280 e. The molecule has 25 heavy (non-hydrogen) atoms. The van der Waals surface area contributed by atoms with Crippen LogP contribution in [0.2, 0.25) is 0 Å². The number of benzene rings is 1. The molecule has 2 fully saturated rings. The predicted molar refractivity (Wildman–Crippen MR) is 100 cm³/mol. The highest BCUT2D eigenvalue weighted by Gasteiger charge is 2.33. The quantitative estimate of drug-likeness (QED) is 0.863. The molecule has 1 atom stereocenters. The lowest BCUT2D eigenvalue weighted by Crippen LogP contribution is -3.19. The van der Waals surface area contributed by atoms with Crippen molar-refractivity contribution < 1.29 is 14.8 Å². The Morgan fingerprint density at radius 3 is 2.36 bits per heavy atom. The van der Waals surface area contributed by atoms with Gasteiger partial charge in [-0.25, -0.2) is 0 Å². The normalized spacial score (nSPS) is 21.1. The topological polar surface area (TPSA) is 48.2 Å². The number of carbonyl (C=O) groups excluding carboxylic acids is 1. The maximum absolute atomic E-state index is 12.9. The van der Waals surface area contributed by atoms with E-state index in [2.05, 4.69) is 11.8 Å². The van der Waals surface area contributed by atoms with Crippen LogP contribution in [0.3, 0.4) is 0 Å². The fourth-order valence-corrected chi connectivity index (χ4v) is 4.28. The van der Waals surface area contributed by atoms with E-state index < -0.39 is 0 Å². The molecule has 0 aromatic heterocycles. The predicted octanol–water partition coefficient (Wildman–Crippen LogP) is 1.28. The second kappa shape index (κ2) is 8.09. The Morgan fingerprint density at radius 1 is 1.16 bits per heavy atom. The lowest BCUT2D eigenvalue weighted by atomic mass is 9.94. The number of hydrogen-bond acceptors (Lipinski definition) is 3. The van der Waals surface area contributed by atoms with Crippen LogP contribution in [0.5, 0.6) is 5.75 Å². The zero-order chi connectivity index (χ0) is 17.8. The number of nitrogens with zero attached hydrogens (tertiary/aromatic N) is 2. The van der Waals surface area contributed by atoms with Gasteiger partial charge in [0.2, 0.25) is 0 Å². The van der Waals surface area contributed by atoms with Crippen molar-refractivity contribution in [1.82, 2.24) is 4.90 Å². The van der Waals surface area contributed by atoms with E-state index in [0.29, 0.717) is 17.7 Å². The first-order valence-electron chi connectivity index (χ1n) is 9.71. The van der Waals surface area contributed by atoms with Crippen molar-refractivity contribution in [3.05, 3.63) is 24.3 Å². The van der Waals surface area contributed by atoms with Crippen LogP contribution < -0.4 is 9.80 Å². The number of quaternary nitrogens is 1. The van der Waals surface area contributed by atoms with Crippen LogP contribution in [0.1, 0.15) is 39.0 Å². The largest absolute Gasteiger partial charge is 0.508 e. The summed E-state index contributed by atoms with van der Waals surface area (Å²) in [5, 5.41) is 9.43. The van der Waals surface area contributed by atoms with E-state index in [4.69, 9.17) is 0 Å². The molecule has 1 saturated heterocycles. The van der Waals surface area contributed by atoms with E-state index >= 15 is 0 Å². The molecule has 0 radical (unpaired) electrons. The molecule has 138 valence electrons. The van der Waals surface area contributed by atoms with Gasteiger partial charge in [0.25, 0.3) is 5.91 Å². The molecule has 1 aromatic rings. The molecular weight excluding hydrogens is 314 g/mol. The van der Waals surface area contributed by atoms with Crippen molar-refractivity contribution in [3.8, 4) is 5.75 Å². The molecule has 1 heterocycles. The molecule has 1 aromatic carbocycles. The Hall–Kier alpha value is -1.75. The summed E-state index contributed by atoms with van der Waals surface area (Å²) in [5.41, 5.74) is 1.15. The number of phenols is 1. The van der Waals surface area contributed by atoms with E-state index in [9.17, 15) is 9.90 Å². The minimum absolute atomic E-state index is 0.0360. The number of anilines is 1. The Balaban J connectivity index is 1.52. The first-order valence-corrected chi connectivity index (χ1v) is 9.71. The van der Waals surface area contributed by atoms with Crippen LogP contribution in [-0.2, 0) is 4.79 Å². The molecule has 1 aliphatic heterocycles. The average Bonchev–Trinajstić information content (AvgIpc) is 2.67. The molecule has 1 saturated carbocycles. The Labute approximate surface area is 151 Å². The second-order valence-electron chi connectivity index (χ2n) is 7.62. The average molecular weight is 346 g/mol. The van der Waals surface area contributed by atoms with Crippen molar-refractivity contribution in [3.63, 3.8) is 0 Å². The standard InChI is InChI=1S/C20H31N3O2/c1-16(20(25)21(2)17-6-4-3-5-7-17)22-12-14-23(15-13-22)18-8-10-19(24)11-9-18/h8-11,16-17,24H,3-7,12-15H2,1-2H3/p+1/t16-/m1/s1. The van der Waals surface area contributed by atoms with Crippen LogP contribution >= 0.6 is 0 Å². The fourth-order valence-electron chi connectivity index (χ4n) is 4.28. The molecule has 5 nitrogen and oxygen atoms in total. The Kier molecular flexibility index (Phi) is 5.84. The van der Waals surface area contributed by atoms with Crippen LogP contribution in [0.25, 0.3) is 0 Å². The van der Waals surface area contributed by atoms with Gasteiger partial charge in [0.15, 0.2) is 6.04 Å². The highest BCUT2D eigenvalue weighted by molar-refractivity contribution is 5.80. The number of nitrogens with one attached hydrogen (secondary N) is 1. The third-order valence-electron chi connectivity index (χ3n) is 6.07. The number of amides is 1. The number of likely N-dealkylation sites (N-methyl/N-ethyl adjacent to an activating group) is 1. The first kappa shape index (κ1) is 18.1. The molecule has 1 amide bonds. The van der Waals surface area contributed by atoms with Gasteiger partial charge in [0, 0.05) is 18.8 Å². The molecule has 3 rings (SSSR count). The highest BCUT2D eigenvalue weighted by Crippen LogP contribution is 2.22. The summed E-state index contributed by atoms with van der Waals surface area (Å²) < 4.78 is 0. The van der Waals surface area contributed by atoms with Gasteiger partial charge in [-0.05, 0) is 44.0 Å². The number of carbonyl (C=O) groups is 1. The van der Waals surface area contributed by atoms with Crippen molar-refractivity contribution in [2.75, 3.05) is 38.1 Å². The van der Waals surface area contributed by atoms with Crippen molar-refractivity contribution >= 4 is 11.6 Å². The van der Waals surface area contributed by atoms with E-state index in [0.717, 1.165) is 31.9 Å². The minimum Gasteiger partial charge on any atom is -0.508 e. The molecule has 0 unspecified atom stereocenters. The summed E-state index contributed by atoms with van der Waals surface area (Å²) in [6.45, 7) is 5.95. The summed E-state index contributed by atoms with van der Waals surface area (Å²) in [5.74, 6) is 0.609. The zero-order valence-corrected chi connectivity index (χ0v) is 15.6. The van der Waals surface area contributed by atoms with Gasteiger partial charge < -0.3 is 19.8 Å². The van der Waals surface area contributed by atoms with E-state index in [1.807, 2.05) is 24.1 Å². The third kappa shape index (κ3) is 4.27. The summed E-state index contributed by atoms with van der Waals surface area (Å²) >= 11 is 0. The van der Waals surface area contributed by atoms with Crippen LogP contribution in [0.4, 0.5) is 5.69 Å². The van der Waals surface area contributed by atoms with Gasteiger partial charge in [0.1, 0.15) is 5.75 Å². The maximum atomic E-state index is 12.9. The van der Waals surface area contributed by atoms with Crippen LogP contribution in [-0.4, -0.2) is 61.2 Å². The number of hydrogen-bond donors (Lipinski definition) is 2. The fraction of sp³-hybridized carbons (Fsp3) is 0.650. The number of rotatable bonds is 4. The van der Waals surface area contributed by atoms with Gasteiger partial charge >= 0.3 is 0 Å². The number of piperazine rings is 1. The van der Waals surface area contributed by atoms with Gasteiger partial charge in [-0.15, -0.1) is 0 Å². The van der Waals surface area contributed by atoms with Crippen LogP contribution in [0.15, 0.2) is 24.3 Å². The van der Waals surface area contributed by atoms with Crippen molar-refractivity contribution in [2.24, 2.45) is 0 Å². The summed E-state index contributed by atoms with van der Waals surface area (Å²) in [6.07, 6.45) is 6.17. The van der Waals surface area contributed by atoms with E-state index in [1.54, 1.807) is 12.1 Å². The summed E-state index contributed by atoms with van der Waals surface area (Å²) in [6, 6.07) is 7.88. The van der Waals surface area contributed by atoms with Gasteiger partial charge in [0.05, 0.1) is 26.2 Å². The number of aromatic hydroxyl groups is 1. The molecule has 1 aliphatic carbocycles. The highest BCUT2D eigenvalue weighted by atomic mass is 16.3. The third-order valence-corrected chi connectivity index (χ3v) is 6.07. The first-order chi connectivity index (χ1) is 12.1. The molecule has 0 spiro atoms. The summed E-state index contributed by atoms with van der Waals surface area (Å²) in [7, 11) is 2.00. The number of phenolic OH excluding ortho intramolecular Hbond substituents is 1. The molecule has 2 aliphatic rings. The monoisotopic (exact) mass is 346 g/mol. The van der Waals surface area contributed by atoms with Gasteiger partial charge in [-0.1, -0.05) is 19.3 Å². The lowest BCUT2D eigenvalue weighted by Gasteiger charge is -2.38. The SMILES string of the molecule is C[C@H](C(=O)N(C)C1CCCCC1)[NH+]1CCN(c2ccc(O)cc2)CC1. The van der Waals surface area contributed by atoms with Gasteiger partial charge in [-0.2, -0.15) is 0 Å². The Morgan fingerprint density at radius 2 is 1.76 bits per heavy atom. The molecule has 5 heteroatoms. The van der Waals surface area contributed by atoms with Crippen molar-refractivity contribution in [1.29, 1.82) is 0 Å². The van der Waals surface area contributed by atoms with Crippen LogP contribution in [0, 0.1) is 0 Å². The zero-order valence-electron chi connectivity index (χ0n) is 15.6. The summed E-state index contributed by atoms with van der Waals surface area (Å²) in [4.78, 5) is 18.7. The molecule has 2 N–H and O–H groups in total. The molecular formula is C20H32N3O2+. The smallest absolute Gasteiger partial charge is 0.280 e. The minimum atomic E-state index is 0.0360.